The second-order valence-corrected chi connectivity index (χ2v) is 7.05. The van der Waals surface area contributed by atoms with Crippen LogP contribution in [0.3, 0.4) is 0 Å². The Labute approximate surface area is 134 Å². The van der Waals surface area contributed by atoms with E-state index in [0.717, 1.165) is 47.6 Å². The Kier molecular flexibility index (Phi) is 4.27. The lowest BCUT2D eigenvalue weighted by molar-refractivity contribution is -0.120. The molecule has 1 aromatic carbocycles. The Hall–Kier alpha value is -1.72. The van der Waals surface area contributed by atoms with Gasteiger partial charge in [0.05, 0.1) is 22.7 Å². The third kappa shape index (κ3) is 3.54. The second-order valence-electron chi connectivity index (χ2n) is 5.99. The highest BCUT2D eigenvalue weighted by Crippen LogP contribution is 2.32. The Morgan fingerprint density at radius 1 is 1.41 bits per heavy atom. The van der Waals surface area contributed by atoms with Gasteiger partial charge in [0.2, 0.25) is 5.91 Å². The summed E-state index contributed by atoms with van der Waals surface area (Å²) in [5, 5.41) is 16.2. The van der Waals surface area contributed by atoms with E-state index in [1.165, 1.54) is 0 Å². The number of nitrogens with zero attached hydrogens (tertiary/aromatic N) is 1. The monoisotopic (exact) mass is 316 g/mol. The van der Waals surface area contributed by atoms with Crippen LogP contribution in [-0.2, 0) is 4.79 Å². The van der Waals surface area contributed by atoms with Crippen molar-refractivity contribution in [3.8, 4) is 11.3 Å². The molecule has 0 unspecified atom stereocenters. The predicted molar refractivity (Wildman–Crippen MR) is 89.0 cm³/mol. The van der Waals surface area contributed by atoms with Crippen LogP contribution in [0.5, 0.6) is 0 Å². The Bertz CT molecular complexity index is 675. The standard InChI is InChI=1S/C17H20N2O2S/c1-12-18-15(11-22-12)13-5-4-6-14(9-13)19-16(20)10-17(21)7-2-3-8-17/h4-6,9,11,21H,2-3,7-8,10H2,1H3,(H,19,20). The molecule has 1 aromatic heterocycles. The van der Waals surface area contributed by atoms with Crippen molar-refractivity contribution in [2.75, 3.05) is 5.32 Å². The maximum atomic E-state index is 12.1. The van der Waals surface area contributed by atoms with Gasteiger partial charge in [0, 0.05) is 16.6 Å². The summed E-state index contributed by atoms with van der Waals surface area (Å²) in [7, 11) is 0. The zero-order valence-corrected chi connectivity index (χ0v) is 13.4. The summed E-state index contributed by atoms with van der Waals surface area (Å²) in [5.41, 5.74) is 1.85. The molecule has 22 heavy (non-hydrogen) atoms. The van der Waals surface area contributed by atoms with Crippen LogP contribution >= 0.6 is 11.3 Å². The summed E-state index contributed by atoms with van der Waals surface area (Å²) in [6, 6.07) is 7.67. The van der Waals surface area contributed by atoms with Crippen LogP contribution in [0.2, 0.25) is 0 Å². The van der Waals surface area contributed by atoms with Crippen molar-refractivity contribution >= 4 is 22.9 Å². The summed E-state index contributed by atoms with van der Waals surface area (Å²) in [6.07, 6.45) is 3.62. The van der Waals surface area contributed by atoms with Crippen molar-refractivity contribution in [2.45, 2.75) is 44.6 Å². The molecular weight excluding hydrogens is 296 g/mol. The molecule has 1 saturated carbocycles. The van der Waals surface area contributed by atoms with E-state index in [0.29, 0.717) is 0 Å². The number of aliphatic hydroxyl groups is 1. The number of rotatable bonds is 4. The summed E-state index contributed by atoms with van der Waals surface area (Å²) < 4.78 is 0. The number of hydrogen-bond donors (Lipinski definition) is 2. The number of anilines is 1. The van der Waals surface area contributed by atoms with E-state index in [4.69, 9.17) is 0 Å². The van der Waals surface area contributed by atoms with Crippen LogP contribution in [0.1, 0.15) is 37.1 Å². The quantitative estimate of drug-likeness (QED) is 0.903. The van der Waals surface area contributed by atoms with Gasteiger partial charge >= 0.3 is 0 Å². The molecule has 0 aliphatic heterocycles. The van der Waals surface area contributed by atoms with E-state index in [1.807, 2.05) is 36.6 Å². The number of carbonyl (C=O) groups is 1. The number of benzene rings is 1. The minimum Gasteiger partial charge on any atom is -0.389 e. The van der Waals surface area contributed by atoms with Crippen LogP contribution in [0.25, 0.3) is 11.3 Å². The average Bonchev–Trinajstić information content (AvgIpc) is 3.08. The van der Waals surface area contributed by atoms with E-state index in [-0.39, 0.29) is 12.3 Å². The summed E-state index contributed by atoms with van der Waals surface area (Å²) in [6.45, 7) is 1.97. The van der Waals surface area contributed by atoms with Gasteiger partial charge in [-0.05, 0) is 31.9 Å². The first-order valence-corrected chi connectivity index (χ1v) is 8.47. The van der Waals surface area contributed by atoms with Gasteiger partial charge in [0.25, 0.3) is 0 Å². The molecular formula is C17H20N2O2S. The van der Waals surface area contributed by atoms with Gasteiger partial charge in [-0.15, -0.1) is 11.3 Å². The highest BCUT2D eigenvalue weighted by molar-refractivity contribution is 7.09. The van der Waals surface area contributed by atoms with Gasteiger partial charge < -0.3 is 10.4 Å². The zero-order valence-electron chi connectivity index (χ0n) is 12.6. The highest BCUT2D eigenvalue weighted by atomic mass is 32.1. The van der Waals surface area contributed by atoms with Crippen LogP contribution in [0.15, 0.2) is 29.6 Å². The second kappa shape index (κ2) is 6.18. The van der Waals surface area contributed by atoms with Crippen molar-refractivity contribution < 1.29 is 9.90 Å². The number of thiazole rings is 1. The first kappa shape index (κ1) is 15.2. The third-order valence-electron chi connectivity index (χ3n) is 4.08. The lowest BCUT2D eigenvalue weighted by atomic mass is 9.97. The Morgan fingerprint density at radius 3 is 2.86 bits per heavy atom. The number of amides is 1. The molecule has 116 valence electrons. The van der Waals surface area contributed by atoms with Gasteiger partial charge in [-0.1, -0.05) is 25.0 Å². The van der Waals surface area contributed by atoms with Crippen molar-refractivity contribution in [1.82, 2.24) is 4.98 Å². The molecule has 0 bridgehead atoms. The molecule has 0 spiro atoms. The number of carbonyl (C=O) groups excluding carboxylic acids is 1. The predicted octanol–water partition coefficient (Wildman–Crippen LogP) is 3.75. The molecule has 5 heteroatoms. The topological polar surface area (TPSA) is 62.2 Å². The lowest BCUT2D eigenvalue weighted by Crippen LogP contribution is -2.30. The summed E-state index contributed by atoms with van der Waals surface area (Å²) in [4.78, 5) is 16.6. The molecule has 1 aliphatic carbocycles. The molecule has 0 saturated heterocycles. The first-order valence-electron chi connectivity index (χ1n) is 7.59. The molecule has 1 fully saturated rings. The van der Waals surface area contributed by atoms with Crippen LogP contribution in [0.4, 0.5) is 5.69 Å². The number of aromatic nitrogens is 1. The van der Waals surface area contributed by atoms with Crippen molar-refractivity contribution in [1.29, 1.82) is 0 Å². The minimum absolute atomic E-state index is 0.129. The van der Waals surface area contributed by atoms with Crippen LogP contribution in [0, 0.1) is 6.92 Å². The van der Waals surface area contributed by atoms with E-state index in [1.54, 1.807) is 11.3 Å². The minimum atomic E-state index is -0.812. The van der Waals surface area contributed by atoms with Gasteiger partial charge in [-0.25, -0.2) is 4.98 Å². The van der Waals surface area contributed by atoms with E-state index < -0.39 is 5.60 Å². The van der Waals surface area contributed by atoms with Crippen LogP contribution in [-0.4, -0.2) is 21.6 Å². The first-order chi connectivity index (χ1) is 10.5. The molecule has 4 nitrogen and oxygen atoms in total. The zero-order chi connectivity index (χ0) is 15.6. The lowest BCUT2D eigenvalue weighted by Gasteiger charge is -2.21. The van der Waals surface area contributed by atoms with Gasteiger partial charge in [-0.2, -0.15) is 0 Å². The SMILES string of the molecule is Cc1nc(-c2cccc(NC(=O)CC3(O)CCCC3)c2)cs1. The smallest absolute Gasteiger partial charge is 0.227 e. The number of nitrogens with one attached hydrogen (secondary N) is 1. The Balaban J connectivity index is 1.69. The van der Waals surface area contributed by atoms with E-state index in [9.17, 15) is 9.90 Å². The highest BCUT2D eigenvalue weighted by Gasteiger charge is 2.33. The maximum Gasteiger partial charge on any atom is 0.227 e. The van der Waals surface area contributed by atoms with Crippen LogP contribution < -0.4 is 5.32 Å². The molecule has 3 rings (SSSR count). The molecule has 2 N–H and O–H groups in total. The van der Waals surface area contributed by atoms with Gasteiger partial charge in [0.1, 0.15) is 0 Å². The molecule has 1 heterocycles. The normalized spacial score (nSPS) is 16.6. The molecule has 1 aliphatic rings. The van der Waals surface area contributed by atoms with Crippen molar-refractivity contribution in [3.63, 3.8) is 0 Å². The average molecular weight is 316 g/mol. The third-order valence-corrected chi connectivity index (χ3v) is 4.86. The van der Waals surface area contributed by atoms with Crippen molar-refractivity contribution in [3.05, 3.63) is 34.7 Å². The van der Waals surface area contributed by atoms with Crippen molar-refractivity contribution in [2.24, 2.45) is 0 Å². The molecule has 2 aromatic rings. The van der Waals surface area contributed by atoms with Gasteiger partial charge in [-0.3, -0.25) is 4.79 Å². The molecule has 0 atom stereocenters. The maximum absolute atomic E-state index is 12.1. The summed E-state index contributed by atoms with van der Waals surface area (Å²) in [5.74, 6) is -0.129. The fourth-order valence-electron chi connectivity index (χ4n) is 2.97. The number of aryl methyl sites for hydroxylation is 1. The van der Waals surface area contributed by atoms with Gasteiger partial charge in [0.15, 0.2) is 0 Å². The molecule has 1 amide bonds. The molecule has 0 radical (unpaired) electrons. The summed E-state index contributed by atoms with van der Waals surface area (Å²) >= 11 is 1.61. The number of hydrogen-bond acceptors (Lipinski definition) is 4. The fraction of sp³-hybridized carbons (Fsp3) is 0.412. The Morgan fingerprint density at radius 2 is 2.18 bits per heavy atom. The van der Waals surface area contributed by atoms with E-state index in [2.05, 4.69) is 10.3 Å². The van der Waals surface area contributed by atoms with E-state index >= 15 is 0 Å². The fourth-order valence-corrected chi connectivity index (χ4v) is 3.59. The largest absolute Gasteiger partial charge is 0.389 e.